The first-order chi connectivity index (χ1) is 12.7. The Morgan fingerprint density at radius 1 is 1.19 bits per heavy atom. The molecule has 26 heavy (non-hydrogen) atoms. The van der Waals surface area contributed by atoms with Crippen LogP contribution < -0.4 is 5.32 Å². The summed E-state index contributed by atoms with van der Waals surface area (Å²) in [5.74, 6) is 1.65. The molecular formula is C19H16N4O2S. The predicted molar refractivity (Wildman–Crippen MR) is 99.1 cm³/mol. The van der Waals surface area contributed by atoms with Crippen LogP contribution in [-0.4, -0.2) is 25.7 Å². The number of Topliss-reactive ketones (excluding diaryl/α,β-unsaturated/α-hetero) is 1. The Hall–Kier alpha value is -2.93. The summed E-state index contributed by atoms with van der Waals surface area (Å²) in [6, 6.07) is 10.6. The number of benzene rings is 1. The standard InChI is InChI=1S/C19H16N4O2S/c24-12-8-6-11(7-9-12)17-16-13(3-1-4-14(16)25)20-19-21-18(22-23(17)19)15-5-2-10-26-15/h2,5-10,17,24H,1,3-4H2,(H,20,21,22). The monoisotopic (exact) mass is 364 g/mol. The van der Waals surface area contributed by atoms with E-state index in [0.29, 0.717) is 18.2 Å². The lowest BCUT2D eigenvalue weighted by Crippen LogP contribution is -2.31. The molecule has 6 nitrogen and oxygen atoms in total. The van der Waals surface area contributed by atoms with E-state index in [2.05, 4.69) is 10.3 Å². The highest BCUT2D eigenvalue weighted by molar-refractivity contribution is 7.13. The first-order valence-corrected chi connectivity index (χ1v) is 9.41. The van der Waals surface area contributed by atoms with Crippen molar-refractivity contribution in [3.8, 4) is 16.5 Å². The van der Waals surface area contributed by atoms with E-state index >= 15 is 0 Å². The molecule has 7 heteroatoms. The molecule has 2 aliphatic rings. The summed E-state index contributed by atoms with van der Waals surface area (Å²) in [5.41, 5.74) is 2.62. The van der Waals surface area contributed by atoms with Crippen LogP contribution in [0.3, 0.4) is 0 Å². The van der Waals surface area contributed by atoms with Gasteiger partial charge in [0.05, 0.1) is 4.88 Å². The molecule has 1 aromatic carbocycles. The number of hydrogen-bond donors (Lipinski definition) is 2. The number of nitrogens with one attached hydrogen (secondary N) is 1. The van der Waals surface area contributed by atoms with Gasteiger partial charge < -0.3 is 10.4 Å². The van der Waals surface area contributed by atoms with Crippen LogP contribution in [0.4, 0.5) is 5.95 Å². The zero-order valence-electron chi connectivity index (χ0n) is 13.8. The predicted octanol–water partition coefficient (Wildman–Crippen LogP) is 3.73. The van der Waals surface area contributed by atoms with Gasteiger partial charge >= 0.3 is 0 Å². The van der Waals surface area contributed by atoms with Crippen LogP contribution in [0.1, 0.15) is 30.9 Å². The van der Waals surface area contributed by atoms with Crippen molar-refractivity contribution >= 4 is 23.1 Å². The minimum atomic E-state index is -0.323. The van der Waals surface area contributed by atoms with Gasteiger partial charge in [-0.3, -0.25) is 4.79 Å². The number of aromatic hydroxyl groups is 1. The van der Waals surface area contributed by atoms with E-state index in [0.717, 1.165) is 34.6 Å². The molecule has 1 atom stereocenters. The fraction of sp³-hybridized carbons (Fsp3) is 0.211. The third-order valence-electron chi connectivity index (χ3n) is 4.82. The lowest BCUT2D eigenvalue weighted by molar-refractivity contribution is -0.116. The number of carbonyl (C=O) groups is 1. The fourth-order valence-corrected chi connectivity index (χ4v) is 4.28. The van der Waals surface area contributed by atoms with E-state index in [4.69, 9.17) is 5.10 Å². The number of aromatic nitrogens is 3. The molecule has 5 rings (SSSR count). The smallest absolute Gasteiger partial charge is 0.226 e. The molecule has 2 N–H and O–H groups in total. The number of allylic oxidation sites excluding steroid dienone is 2. The number of nitrogens with zero attached hydrogens (tertiary/aromatic N) is 3. The van der Waals surface area contributed by atoms with Crippen molar-refractivity contribution in [2.75, 3.05) is 5.32 Å². The molecule has 0 spiro atoms. The Labute approximate surface area is 153 Å². The maximum absolute atomic E-state index is 12.7. The summed E-state index contributed by atoms with van der Waals surface area (Å²) >= 11 is 1.58. The number of carbonyl (C=O) groups excluding carboxylic acids is 1. The van der Waals surface area contributed by atoms with E-state index in [-0.39, 0.29) is 17.6 Å². The van der Waals surface area contributed by atoms with Crippen molar-refractivity contribution in [1.82, 2.24) is 14.8 Å². The average Bonchev–Trinajstić information content (AvgIpc) is 3.30. The maximum atomic E-state index is 12.7. The van der Waals surface area contributed by atoms with Gasteiger partial charge in [-0.1, -0.05) is 18.2 Å². The topological polar surface area (TPSA) is 80.0 Å². The van der Waals surface area contributed by atoms with Crippen LogP contribution in [0.2, 0.25) is 0 Å². The van der Waals surface area contributed by atoms with E-state index in [1.165, 1.54) is 0 Å². The number of phenolic OH excluding ortho intramolecular Hbond substituents is 1. The van der Waals surface area contributed by atoms with Crippen molar-refractivity contribution in [2.24, 2.45) is 0 Å². The van der Waals surface area contributed by atoms with Crippen molar-refractivity contribution in [2.45, 2.75) is 25.3 Å². The molecule has 2 aromatic heterocycles. The van der Waals surface area contributed by atoms with Crippen molar-refractivity contribution < 1.29 is 9.90 Å². The van der Waals surface area contributed by atoms with Gasteiger partial charge in [0, 0.05) is 17.7 Å². The van der Waals surface area contributed by atoms with Crippen LogP contribution in [0.25, 0.3) is 10.7 Å². The summed E-state index contributed by atoms with van der Waals surface area (Å²) in [4.78, 5) is 18.4. The van der Waals surface area contributed by atoms with Crippen molar-refractivity contribution in [3.63, 3.8) is 0 Å². The average molecular weight is 364 g/mol. The Bertz CT molecular complexity index is 1020. The van der Waals surface area contributed by atoms with Crippen LogP contribution in [0.5, 0.6) is 5.75 Å². The fourth-order valence-electron chi connectivity index (χ4n) is 3.63. The van der Waals surface area contributed by atoms with Crippen LogP contribution in [0, 0.1) is 0 Å². The van der Waals surface area contributed by atoms with Gasteiger partial charge in [0.2, 0.25) is 5.95 Å². The number of anilines is 1. The van der Waals surface area contributed by atoms with Gasteiger partial charge in [-0.25, -0.2) is 4.68 Å². The molecule has 3 aromatic rings. The molecule has 0 saturated heterocycles. The molecule has 0 saturated carbocycles. The number of hydrogen-bond acceptors (Lipinski definition) is 6. The summed E-state index contributed by atoms with van der Waals surface area (Å²) in [5, 5.41) is 19.7. The summed E-state index contributed by atoms with van der Waals surface area (Å²) in [7, 11) is 0. The number of phenols is 1. The van der Waals surface area contributed by atoms with Gasteiger partial charge in [-0.2, -0.15) is 4.98 Å². The zero-order chi connectivity index (χ0) is 17.7. The number of rotatable bonds is 2. The van der Waals surface area contributed by atoms with Crippen molar-refractivity contribution in [3.05, 3.63) is 58.6 Å². The summed E-state index contributed by atoms with van der Waals surface area (Å²) in [6.07, 6.45) is 2.23. The maximum Gasteiger partial charge on any atom is 0.226 e. The van der Waals surface area contributed by atoms with E-state index < -0.39 is 0 Å². The molecule has 0 radical (unpaired) electrons. The van der Waals surface area contributed by atoms with E-state index in [9.17, 15) is 9.90 Å². The number of thiophene rings is 1. The molecule has 1 aliphatic heterocycles. The highest BCUT2D eigenvalue weighted by atomic mass is 32.1. The second-order valence-corrected chi connectivity index (χ2v) is 7.42. The van der Waals surface area contributed by atoms with E-state index in [1.54, 1.807) is 28.2 Å². The first-order valence-electron chi connectivity index (χ1n) is 8.53. The highest BCUT2D eigenvalue weighted by Crippen LogP contribution is 2.41. The minimum Gasteiger partial charge on any atom is -0.508 e. The molecule has 1 aliphatic carbocycles. The largest absolute Gasteiger partial charge is 0.508 e. The van der Waals surface area contributed by atoms with Gasteiger partial charge in [0.15, 0.2) is 11.6 Å². The number of fused-ring (bicyclic) bond motifs is 1. The van der Waals surface area contributed by atoms with Crippen LogP contribution >= 0.6 is 11.3 Å². The SMILES string of the molecule is O=C1CCCC2=C1C(c1ccc(O)cc1)n1nc(-c3cccs3)nc1N2. The lowest BCUT2D eigenvalue weighted by Gasteiger charge is -2.32. The van der Waals surface area contributed by atoms with E-state index in [1.807, 2.05) is 29.6 Å². The summed E-state index contributed by atoms with van der Waals surface area (Å²) < 4.78 is 1.80. The van der Waals surface area contributed by atoms with Crippen LogP contribution in [-0.2, 0) is 4.79 Å². The second-order valence-electron chi connectivity index (χ2n) is 6.47. The molecule has 1 unspecified atom stereocenters. The lowest BCUT2D eigenvalue weighted by atomic mass is 9.85. The Morgan fingerprint density at radius 2 is 2.04 bits per heavy atom. The van der Waals surface area contributed by atoms with Gasteiger partial charge in [-0.15, -0.1) is 16.4 Å². The molecule has 3 heterocycles. The zero-order valence-corrected chi connectivity index (χ0v) is 14.7. The minimum absolute atomic E-state index is 0.149. The third-order valence-corrected chi connectivity index (χ3v) is 5.68. The third kappa shape index (κ3) is 2.35. The second kappa shape index (κ2) is 5.81. The molecule has 0 bridgehead atoms. The molecular weight excluding hydrogens is 348 g/mol. The van der Waals surface area contributed by atoms with Crippen LogP contribution in [0.15, 0.2) is 53.0 Å². The molecule has 0 amide bonds. The quantitative estimate of drug-likeness (QED) is 0.724. The Morgan fingerprint density at radius 3 is 2.81 bits per heavy atom. The Balaban J connectivity index is 1.69. The van der Waals surface area contributed by atoms with Gasteiger partial charge in [0.25, 0.3) is 0 Å². The van der Waals surface area contributed by atoms with Gasteiger partial charge in [-0.05, 0) is 42.0 Å². The molecule has 0 fully saturated rings. The molecule has 130 valence electrons. The first kappa shape index (κ1) is 15.3. The van der Waals surface area contributed by atoms with Crippen molar-refractivity contribution in [1.29, 1.82) is 0 Å². The summed E-state index contributed by atoms with van der Waals surface area (Å²) in [6.45, 7) is 0. The Kier molecular flexibility index (Phi) is 3.43. The normalized spacial score (nSPS) is 19.1. The van der Waals surface area contributed by atoms with Gasteiger partial charge in [0.1, 0.15) is 11.8 Å². The highest BCUT2D eigenvalue weighted by Gasteiger charge is 2.36. The number of ketones is 1.